The number of hydrogen-bond donors (Lipinski definition) is 1. The predicted molar refractivity (Wildman–Crippen MR) is 135 cm³/mol. The Morgan fingerprint density at radius 1 is 1.24 bits per heavy atom. The van der Waals surface area contributed by atoms with Crippen molar-refractivity contribution in [2.24, 2.45) is 0 Å². The van der Waals surface area contributed by atoms with Gasteiger partial charge in [0, 0.05) is 29.7 Å². The van der Waals surface area contributed by atoms with Crippen LogP contribution in [0.25, 0.3) is 10.2 Å². The lowest BCUT2D eigenvalue weighted by atomic mass is 10.1. The molecule has 1 N–H and O–H groups in total. The summed E-state index contributed by atoms with van der Waals surface area (Å²) in [6, 6.07) is 6.88. The van der Waals surface area contributed by atoms with Gasteiger partial charge in [-0.1, -0.05) is 18.7 Å². The topological polar surface area (TPSA) is 90.3 Å². The van der Waals surface area contributed by atoms with Crippen molar-refractivity contribution in [3.05, 3.63) is 50.6 Å². The number of benzene rings is 1. The maximum absolute atomic E-state index is 13.2. The summed E-state index contributed by atoms with van der Waals surface area (Å²) in [4.78, 5) is 44.6. The molecule has 2 heterocycles. The zero-order valence-corrected chi connectivity index (χ0v) is 21.2. The predicted octanol–water partition coefficient (Wildman–Crippen LogP) is 4.82. The van der Waals surface area contributed by atoms with E-state index in [2.05, 4.69) is 5.32 Å². The SMILES string of the molecule is CCCC(=O)Nc1ccc(C(=O)C(C)Sc2nc3sc(C)c(C)c3c(=O)n2CCOC)cc1. The molecule has 1 atom stereocenters. The number of anilines is 1. The number of ketones is 1. The molecule has 0 aliphatic rings. The van der Waals surface area contributed by atoms with E-state index in [4.69, 9.17) is 9.72 Å². The Hall–Kier alpha value is -2.49. The minimum atomic E-state index is -0.453. The molecule has 0 saturated carbocycles. The molecule has 0 saturated heterocycles. The number of thiophene rings is 1. The lowest BCUT2D eigenvalue weighted by molar-refractivity contribution is -0.116. The Balaban J connectivity index is 1.84. The Kier molecular flexibility index (Phi) is 8.45. The second-order valence-electron chi connectivity index (χ2n) is 7.81. The monoisotopic (exact) mass is 487 g/mol. The molecule has 2 aromatic heterocycles. The van der Waals surface area contributed by atoms with Crippen LogP contribution in [0.3, 0.4) is 0 Å². The maximum atomic E-state index is 13.2. The third kappa shape index (κ3) is 5.72. The van der Waals surface area contributed by atoms with E-state index in [0.717, 1.165) is 16.9 Å². The zero-order chi connectivity index (χ0) is 24.1. The molecule has 1 unspecified atom stereocenters. The third-order valence-corrected chi connectivity index (χ3v) is 7.55. The first-order valence-electron chi connectivity index (χ1n) is 10.9. The number of ether oxygens (including phenoxy) is 1. The molecule has 0 aliphatic carbocycles. The number of aryl methyl sites for hydroxylation is 2. The standard InChI is InChI=1S/C24H29N3O4S2/c1-6-7-19(28)25-18-10-8-17(9-11-18)21(29)16(4)33-24-26-22-20(14(2)15(3)32-22)23(30)27(24)12-13-31-5/h8-11,16H,6-7,12-13H2,1-5H3,(H,25,28). The molecule has 176 valence electrons. The van der Waals surface area contributed by atoms with Gasteiger partial charge in [-0.3, -0.25) is 19.0 Å². The highest BCUT2D eigenvalue weighted by atomic mass is 32.2. The number of thioether (sulfide) groups is 1. The van der Waals surface area contributed by atoms with Crippen molar-refractivity contribution in [2.45, 2.75) is 57.5 Å². The van der Waals surface area contributed by atoms with Crippen molar-refractivity contribution in [2.75, 3.05) is 19.0 Å². The summed E-state index contributed by atoms with van der Waals surface area (Å²) in [5.74, 6) is -0.118. The first-order chi connectivity index (χ1) is 15.8. The van der Waals surface area contributed by atoms with Crippen LogP contribution < -0.4 is 10.9 Å². The fourth-order valence-electron chi connectivity index (χ4n) is 3.39. The number of carbonyl (C=O) groups is 2. The molecule has 3 aromatic rings. The van der Waals surface area contributed by atoms with Gasteiger partial charge in [-0.05, 0) is 57.0 Å². The van der Waals surface area contributed by atoms with Crippen molar-refractivity contribution in [3.8, 4) is 0 Å². The molecule has 0 aliphatic heterocycles. The molecule has 0 fully saturated rings. The summed E-state index contributed by atoms with van der Waals surface area (Å²) in [7, 11) is 1.59. The minimum Gasteiger partial charge on any atom is -0.383 e. The van der Waals surface area contributed by atoms with Gasteiger partial charge in [-0.25, -0.2) is 4.98 Å². The summed E-state index contributed by atoms with van der Waals surface area (Å²) in [6.07, 6.45) is 1.23. The minimum absolute atomic E-state index is 0.0463. The number of fused-ring (bicyclic) bond motifs is 1. The number of nitrogens with one attached hydrogen (secondary N) is 1. The largest absolute Gasteiger partial charge is 0.383 e. The van der Waals surface area contributed by atoms with Crippen molar-refractivity contribution < 1.29 is 14.3 Å². The van der Waals surface area contributed by atoms with Gasteiger partial charge < -0.3 is 10.1 Å². The molecule has 0 bridgehead atoms. The Labute approximate surface area is 201 Å². The second kappa shape index (κ2) is 11.1. The molecule has 1 amide bonds. The first kappa shape index (κ1) is 25.1. The zero-order valence-electron chi connectivity index (χ0n) is 19.6. The average molecular weight is 488 g/mol. The fourth-order valence-corrected chi connectivity index (χ4v) is 5.48. The van der Waals surface area contributed by atoms with Crippen LogP contribution >= 0.6 is 23.1 Å². The summed E-state index contributed by atoms with van der Waals surface area (Å²) in [5.41, 5.74) is 2.05. The highest BCUT2D eigenvalue weighted by molar-refractivity contribution is 8.00. The van der Waals surface area contributed by atoms with Gasteiger partial charge in [-0.2, -0.15) is 0 Å². The van der Waals surface area contributed by atoms with Gasteiger partial charge in [0.05, 0.1) is 23.8 Å². The highest BCUT2D eigenvalue weighted by Crippen LogP contribution is 2.30. The first-order valence-corrected chi connectivity index (χ1v) is 12.6. The van der Waals surface area contributed by atoms with Crippen LogP contribution in [0.2, 0.25) is 0 Å². The lowest BCUT2D eigenvalue weighted by Crippen LogP contribution is -2.26. The van der Waals surface area contributed by atoms with E-state index in [1.54, 1.807) is 35.9 Å². The normalized spacial score (nSPS) is 12.2. The number of nitrogens with zero attached hydrogens (tertiary/aromatic N) is 2. The van der Waals surface area contributed by atoms with Crippen molar-refractivity contribution >= 4 is 50.7 Å². The van der Waals surface area contributed by atoms with Crippen molar-refractivity contribution in [1.29, 1.82) is 0 Å². The van der Waals surface area contributed by atoms with Crippen LogP contribution in [0.5, 0.6) is 0 Å². The molecular formula is C24H29N3O4S2. The molecule has 33 heavy (non-hydrogen) atoms. The molecular weight excluding hydrogens is 458 g/mol. The van der Waals surface area contributed by atoms with Crippen LogP contribution in [0.15, 0.2) is 34.2 Å². The maximum Gasteiger partial charge on any atom is 0.263 e. The van der Waals surface area contributed by atoms with Crippen LogP contribution in [-0.4, -0.2) is 40.2 Å². The number of aromatic nitrogens is 2. The number of carbonyl (C=O) groups excluding carboxylic acids is 2. The third-order valence-electron chi connectivity index (χ3n) is 5.35. The van der Waals surface area contributed by atoms with Crippen molar-refractivity contribution in [3.63, 3.8) is 0 Å². The summed E-state index contributed by atoms with van der Waals surface area (Å²) in [6.45, 7) is 8.41. The molecule has 3 rings (SSSR count). The second-order valence-corrected chi connectivity index (χ2v) is 10.3. The lowest BCUT2D eigenvalue weighted by Gasteiger charge is -2.15. The number of amides is 1. The van der Waals surface area contributed by atoms with E-state index in [0.29, 0.717) is 46.2 Å². The Bertz CT molecular complexity index is 1220. The van der Waals surface area contributed by atoms with Crippen LogP contribution in [-0.2, 0) is 16.1 Å². The van der Waals surface area contributed by atoms with E-state index in [1.165, 1.54) is 23.1 Å². The molecule has 1 aromatic carbocycles. The van der Waals surface area contributed by atoms with E-state index in [-0.39, 0.29) is 17.2 Å². The quantitative estimate of drug-likeness (QED) is 0.250. The van der Waals surface area contributed by atoms with E-state index in [9.17, 15) is 14.4 Å². The summed E-state index contributed by atoms with van der Waals surface area (Å²) < 4.78 is 6.79. The van der Waals surface area contributed by atoms with Crippen LogP contribution in [0, 0.1) is 13.8 Å². The van der Waals surface area contributed by atoms with Crippen molar-refractivity contribution in [1.82, 2.24) is 9.55 Å². The van der Waals surface area contributed by atoms with Gasteiger partial charge in [0.15, 0.2) is 10.9 Å². The van der Waals surface area contributed by atoms with E-state index in [1.807, 2.05) is 27.7 Å². The number of hydrogen-bond acceptors (Lipinski definition) is 7. The number of Topliss-reactive ketones (excluding diaryl/α,β-unsaturated/α-hetero) is 1. The Morgan fingerprint density at radius 3 is 2.58 bits per heavy atom. The smallest absolute Gasteiger partial charge is 0.263 e. The van der Waals surface area contributed by atoms with Crippen LogP contribution in [0.1, 0.15) is 47.5 Å². The highest BCUT2D eigenvalue weighted by Gasteiger charge is 2.22. The number of methoxy groups -OCH3 is 1. The molecule has 7 nitrogen and oxygen atoms in total. The molecule has 0 radical (unpaired) electrons. The average Bonchev–Trinajstić information content (AvgIpc) is 3.07. The van der Waals surface area contributed by atoms with Gasteiger partial charge in [0.2, 0.25) is 5.91 Å². The van der Waals surface area contributed by atoms with Crippen LogP contribution in [0.4, 0.5) is 5.69 Å². The fraction of sp³-hybridized carbons (Fsp3) is 0.417. The number of rotatable bonds is 10. The summed E-state index contributed by atoms with van der Waals surface area (Å²) >= 11 is 2.77. The molecule has 9 heteroatoms. The van der Waals surface area contributed by atoms with E-state index >= 15 is 0 Å². The van der Waals surface area contributed by atoms with Gasteiger partial charge in [-0.15, -0.1) is 11.3 Å². The van der Waals surface area contributed by atoms with Gasteiger partial charge in [0.1, 0.15) is 4.83 Å². The van der Waals surface area contributed by atoms with E-state index < -0.39 is 5.25 Å². The summed E-state index contributed by atoms with van der Waals surface area (Å²) in [5, 5.41) is 3.51. The molecule has 0 spiro atoms. The Morgan fingerprint density at radius 2 is 1.94 bits per heavy atom. The van der Waals surface area contributed by atoms with Gasteiger partial charge >= 0.3 is 0 Å². The van der Waals surface area contributed by atoms with Gasteiger partial charge in [0.25, 0.3) is 5.56 Å².